The van der Waals surface area contributed by atoms with Crippen molar-refractivity contribution in [3.8, 4) is 0 Å². The molecule has 0 radical (unpaired) electrons. The van der Waals surface area contributed by atoms with E-state index in [9.17, 15) is 0 Å². The molecular formula is C23H29N. The molecule has 0 bridgehead atoms. The lowest BCUT2D eigenvalue weighted by Crippen LogP contribution is -2.26. The van der Waals surface area contributed by atoms with Gasteiger partial charge in [0.15, 0.2) is 0 Å². The number of likely N-dealkylation sites (N-methyl/N-ethyl adjacent to an activating group) is 1. The van der Waals surface area contributed by atoms with Gasteiger partial charge in [-0.05, 0) is 69.3 Å². The second-order valence-corrected chi connectivity index (χ2v) is 7.17. The second-order valence-electron chi connectivity index (χ2n) is 7.17. The molecule has 3 rings (SSSR count). The van der Waals surface area contributed by atoms with Gasteiger partial charge in [-0.15, -0.1) is 0 Å². The summed E-state index contributed by atoms with van der Waals surface area (Å²) in [6, 6.07) is 20.6. The Morgan fingerprint density at radius 2 is 1.58 bits per heavy atom. The highest BCUT2D eigenvalue weighted by Crippen LogP contribution is 2.29. The Balaban J connectivity index is 1.55. The third-order valence-corrected chi connectivity index (χ3v) is 5.10. The lowest BCUT2D eigenvalue weighted by Gasteiger charge is -2.20. The molecule has 0 heterocycles. The summed E-state index contributed by atoms with van der Waals surface area (Å²) >= 11 is 0. The molecule has 1 nitrogen and oxygen atoms in total. The lowest BCUT2D eigenvalue weighted by atomic mass is 10.0. The van der Waals surface area contributed by atoms with E-state index >= 15 is 0 Å². The molecule has 24 heavy (non-hydrogen) atoms. The number of rotatable bonds is 6. The van der Waals surface area contributed by atoms with Gasteiger partial charge >= 0.3 is 0 Å². The van der Waals surface area contributed by atoms with Crippen molar-refractivity contribution in [1.29, 1.82) is 0 Å². The minimum absolute atomic E-state index is 0.635. The van der Waals surface area contributed by atoms with Crippen LogP contribution in [0.15, 0.2) is 60.2 Å². The van der Waals surface area contributed by atoms with Gasteiger partial charge in [-0.2, -0.15) is 0 Å². The number of hydrogen-bond donors (Lipinski definition) is 0. The minimum atomic E-state index is 0.635. The Hall–Kier alpha value is -1.86. The molecule has 1 aliphatic rings. The Kier molecular flexibility index (Phi) is 5.87. The highest BCUT2D eigenvalue weighted by atomic mass is 15.1. The minimum Gasteiger partial charge on any atom is -0.303 e. The predicted octanol–water partition coefficient (Wildman–Crippen LogP) is 5.36. The quantitative estimate of drug-likeness (QED) is 0.693. The van der Waals surface area contributed by atoms with E-state index < -0.39 is 0 Å². The van der Waals surface area contributed by atoms with E-state index in [0.717, 1.165) is 12.8 Å². The van der Waals surface area contributed by atoms with Gasteiger partial charge in [-0.1, -0.05) is 66.2 Å². The van der Waals surface area contributed by atoms with E-state index in [1.165, 1.54) is 42.4 Å². The van der Waals surface area contributed by atoms with Gasteiger partial charge in [0, 0.05) is 6.04 Å². The fraction of sp³-hybridized carbons (Fsp3) is 0.391. The fourth-order valence-corrected chi connectivity index (χ4v) is 3.75. The van der Waals surface area contributed by atoms with Crippen LogP contribution < -0.4 is 0 Å². The summed E-state index contributed by atoms with van der Waals surface area (Å²) < 4.78 is 0. The molecule has 0 saturated heterocycles. The lowest BCUT2D eigenvalue weighted by molar-refractivity contribution is 0.336. The smallest absolute Gasteiger partial charge is 0.0304 e. The van der Waals surface area contributed by atoms with Crippen LogP contribution in [0.3, 0.4) is 0 Å². The van der Waals surface area contributed by atoms with Crippen LogP contribution in [0, 0.1) is 0 Å². The Labute approximate surface area is 147 Å². The molecule has 1 saturated carbocycles. The Morgan fingerprint density at radius 3 is 2.25 bits per heavy atom. The molecule has 1 heteroatoms. The standard InChI is InChI=1S/C23H29N/c1-24(2)23-13-7-12-22(23)18-21-16-14-20(15-17-21)11-6-10-19-8-4-3-5-9-19/h3-5,8-9,14-18,23H,6-7,10-13H2,1-2H3. The van der Waals surface area contributed by atoms with Gasteiger partial charge in [0.1, 0.15) is 0 Å². The monoisotopic (exact) mass is 319 g/mol. The van der Waals surface area contributed by atoms with E-state index in [2.05, 4.69) is 79.7 Å². The highest BCUT2D eigenvalue weighted by molar-refractivity contribution is 5.55. The summed E-state index contributed by atoms with van der Waals surface area (Å²) in [5.41, 5.74) is 5.83. The van der Waals surface area contributed by atoms with E-state index in [4.69, 9.17) is 0 Å². The van der Waals surface area contributed by atoms with E-state index in [0.29, 0.717) is 6.04 Å². The summed E-state index contributed by atoms with van der Waals surface area (Å²) in [7, 11) is 4.39. The van der Waals surface area contributed by atoms with Crippen molar-refractivity contribution in [1.82, 2.24) is 4.90 Å². The van der Waals surface area contributed by atoms with Crippen molar-refractivity contribution in [2.24, 2.45) is 0 Å². The first-order valence-electron chi connectivity index (χ1n) is 9.22. The van der Waals surface area contributed by atoms with Crippen LogP contribution in [0.1, 0.15) is 42.4 Å². The first-order valence-corrected chi connectivity index (χ1v) is 9.22. The summed E-state index contributed by atoms with van der Waals surface area (Å²) in [5, 5.41) is 0. The van der Waals surface area contributed by atoms with Crippen LogP contribution in [-0.2, 0) is 12.8 Å². The van der Waals surface area contributed by atoms with Crippen LogP contribution in [0.2, 0.25) is 0 Å². The first-order chi connectivity index (χ1) is 11.7. The van der Waals surface area contributed by atoms with Crippen LogP contribution in [0.25, 0.3) is 6.08 Å². The second kappa shape index (κ2) is 8.30. The van der Waals surface area contributed by atoms with Gasteiger partial charge in [-0.3, -0.25) is 0 Å². The maximum Gasteiger partial charge on any atom is 0.0304 e. The summed E-state index contributed by atoms with van der Waals surface area (Å²) in [6.07, 6.45) is 9.83. The number of hydrogen-bond acceptors (Lipinski definition) is 1. The molecular weight excluding hydrogens is 290 g/mol. The fourth-order valence-electron chi connectivity index (χ4n) is 3.75. The van der Waals surface area contributed by atoms with Crippen molar-refractivity contribution < 1.29 is 0 Å². The molecule has 0 spiro atoms. The van der Waals surface area contributed by atoms with Crippen molar-refractivity contribution in [3.05, 3.63) is 76.9 Å². The van der Waals surface area contributed by atoms with Gasteiger partial charge in [-0.25, -0.2) is 0 Å². The van der Waals surface area contributed by atoms with Gasteiger partial charge in [0.25, 0.3) is 0 Å². The highest BCUT2D eigenvalue weighted by Gasteiger charge is 2.22. The van der Waals surface area contributed by atoms with Crippen LogP contribution >= 0.6 is 0 Å². The average Bonchev–Trinajstić information content (AvgIpc) is 3.06. The van der Waals surface area contributed by atoms with Crippen LogP contribution in [0.4, 0.5) is 0 Å². The summed E-state index contributed by atoms with van der Waals surface area (Å²) in [4.78, 5) is 2.36. The van der Waals surface area contributed by atoms with Crippen molar-refractivity contribution in [2.45, 2.75) is 44.6 Å². The molecule has 1 aliphatic carbocycles. The Morgan fingerprint density at radius 1 is 0.917 bits per heavy atom. The van der Waals surface area contributed by atoms with E-state index in [1.54, 1.807) is 5.57 Å². The number of benzene rings is 2. The molecule has 0 aliphatic heterocycles. The first kappa shape index (κ1) is 17.0. The van der Waals surface area contributed by atoms with Gasteiger partial charge in [0.2, 0.25) is 0 Å². The number of aryl methyl sites for hydroxylation is 2. The summed E-state index contributed by atoms with van der Waals surface area (Å²) in [5.74, 6) is 0. The molecule has 0 N–H and O–H groups in total. The van der Waals surface area contributed by atoms with Crippen molar-refractivity contribution >= 4 is 6.08 Å². The predicted molar refractivity (Wildman–Crippen MR) is 104 cm³/mol. The van der Waals surface area contributed by atoms with Crippen molar-refractivity contribution in [3.63, 3.8) is 0 Å². The van der Waals surface area contributed by atoms with Crippen LogP contribution in [-0.4, -0.2) is 25.0 Å². The van der Waals surface area contributed by atoms with E-state index in [-0.39, 0.29) is 0 Å². The molecule has 1 atom stereocenters. The normalized spacial score (nSPS) is 19.3. The molecule has 2 aromatic carbocycles. The SMILES string of the molecule is CN(C)C1CCCC1=Cc1ccc(CCCc2ccccc2)cc1. The average molecular weight is 319 g/mol. The van der Waals surface area contributed by atoms with Gasteiger partial charge < -0.3 is 4.90 Å². The Bertz CT molecular complexity index is 652. The van der Waals surface area contributed by atoms with E-state index in [1.807, 2.05) is 0 Å². The largest absolute Gasteiger partial charge is 0.303 e. The molecule has 1 fully saturated rings. The molecule has 2 aromatic rings. The van der Waals surface area contributed by atoms with Gasteiger partial charge in [0.05, 0.1) is 0 Å². The molecule has 0 amide bonds. The van der Waals surface area contributed by atoms with Crippen molar-refractivity contribution in [2.75, 3.05) is 14.1 Å². The molecule has 1 unspecified atom stereocenters. The zero-order valence-corrected chi connectivity index (χ0v) is 15.0. The maximum absolute atomic E-state index is 2.41. The topological polar surface area (TPSA) is 3.24 Å². The third-order valence-electron chi connectivity index (χ3n) is 5.10. The van der Waals surface area contributed by atoms with Crippen LogP contribution in [0.5, 0.6) is 0 Å². The molecule has 0 aromatic heterocycles. The maximum atomic E-state index is 2.41. The summed E-state index contributed by atoms with van der Waals surface area (Å²) in [6.45, 7) is 0. The molecule has 126 valence electrons. The zero-order chi connectivity index (χ0) is 16.8. The third kappa shape index (κ3) is 4.58. The number of nitrogens with zero attached hydrogens (tertiary/aromatic N) is 1. The zero-order valence-electron chi connectivity index (χ0n) is 15.0.